The Morgan fingerprint density at radius 1 is 1.54 bits per heavy atom. The Balaban J connectivity index is 3.11. The van der Waals surface area contributed by atoms with Gasteiger partial charge >= 0.3 is 0 Å². The summed E-state index contributed by atoms with van der Waals surface area (Å²) in [5.74, 6) is 0. The predicted molar refractivity (Wildman–Crippen MR) is 58.1 cm³/mol. The lowest BCUT2D eigenvalue weighted by Crippen LogP contribution is -1.90. The van der Waals surface area contributed by atoms with Gasteiger partial charge in [-0.3, -0.25) is 0 Å². The Morgan fingerprint density at radius 2 is 2.23 bits per heavy atom. The van der Waals surface area contributed by atoms with Crippen LogP contribution in [0.3, 0.4) is 0 Å². The van der Waals surface area contributed by atoms with Crippen molar-refractivity contribution < 1.29 is 0 Å². The minimum atomic E-state index is 0.596. The minimum absolute atomic E-state index is 0.596. The third-order valence-corrected chi connectivity index (χ3v) is 2.21. The van der Waals surface area contributed by atoms with Gasteiger partial charge < -0.3 is 0 Å². The Kier molecular flexibility index (Phi) is 3.75. The molecule has 1 aromatic rings. The molecular weight excluding hydrogens is 204 g/mol. The highest BCUT2D eigenvalue weighted by Crippen LogP contribution is 2.18. The molecule has 0 amide bonds. The molecule has 0 aliphatic heterocycles. The molecule has 0 atom stereocenters. The summed E-state index contributed by atoms with van der Waals surface area (Å²) < 4.78 is 0. The zero-order valence-electron chi connectivity index (χ0n) is 7.84. The van der Waals surface area contributed by atoms with Crippen LogP contribution >= 0.6 is 23.4 Å². The fourth-order valence-corrected chi connectivity index (χ4v) is 1.33. The number of nitrogens with zero attached hydrogens (tertiary/aromatic N) is 2. The molecule has 0 fully saturated rings. The number of aromatic nitrogens is 2. The molecule has 0 radical (unpaired) electrons. The summed E-state index contributed by atoms with van der Waals surface area (Å²) in [6, 6.07) is 0. The van der Waals surface area contributed by atoms with Crippen LogP contribution in [0.1, 0.15) is 19.5 Å². The molecule has 4 heteroatoms. The molecule has 0 aliphatic carbocycles. The zero-order chi connectivity index (χ0) is 9.84. The number of rotatable bonds is 2. The lowest BCUT2D eigenvalue weighted by atomic mass is 10.2. The predicted octanol–water partition coefficient (Wildman–Crippen LogP) is 3.28. The van der Waals surface area contributed by atoms with Crippen LogP contribution in [-0.4, -0.2) is 16.2 Å². The molecule has 1 heterocycles. The van der Waals surface area contributed by atoms with E-state index in [-0.39, 0.29) is 0 Å². The van der Waals surface area contributed by atoms with E-state index in [1.165, 1.54) is 17.3 Å². The van der Waals surface area contributed by atoms with Crippen molar-refractivity contribution in [2.24, 2.45) is 0 Å². The summed E-state index contributed by atoms with van der Waals surface area (Å²) in [5, 5.41) is 1.34. The summed E-state index contributed by atoms with van der Waals surface area (Å²) in [6.45, 7) is 4.02. The number of halogens is 1. The Labute approximate surface area is 87.4 Å². The summed E-state index contributed by atoms with van der Waals surface area (Å²) >= 11 is 7.43. The van der Waals surface area contributed by atoms with Gasteiger partial charge in [0.25, 0.3) is 0 Å². The van der Waals surface area contributed by atoms with E-state index in [1.807, 2.05) is 26.2 Å². The van der Waals surface area contributed by atoms with Crippen LogP contribution in [0.4, 0.5) is 0 Å². The Bertz CT molecular complexity index is 332. The maximum Gasteiger partial charge on any atom is 0.187 e. The monoisotopic (exact) mass is 214 g/mol. The Morgan fingerprint density at radius 3 is 2.77 bits per heavy atom. The van der Waals surface area contributed by atoms with Crippen LogP contribution in [0.25, 0.3) is 6.08 Å². The summed E-state index contributed by atoms with van der Waals surface area (Å²) in [7, 11) is 0. The first-order valence-corrected chi connectivity index (χ1v) is 5.45. The molecule has 0 saturated heterocycles. The summed E-state index contributed by atoms with van der Waals surface area (Å²) in [4.78, 5) is 8.33. The number of thioether (sulfide) groups is 1. The summed E-state index contributed by atoms with van der Waals surface area (Å²) in [6.07, 6.45) is 5.52. The van der Waals surface area contributed by atoms with Gasteiger partial charge in [-0.2, -0.15) is 0 Å². The molecule has 0 bridgehead atoms. The first kappa shape index (κ1) is 10.5. The van der Waals surface area contributed by atoms with Crippen molar-refractivity contribution in [2.45, 2.75) is 19.0 Å². The number of hydrogen-bond donors (Lipinski definition) is 0. The molecule has 0 saturated carbocycles. The first-order chi connectivity index (χ1) is 6.13. The van der Waals surface area contributed by atoms with Crippen LogP contribution in [0, 0.1) is 0 Å². The lowest BCUT2D eigenvalue weighted by Gasteiger charge is -2.00. The third-order valence-electron chi connectivity index (χ3n) is 1.36. The highest BCUT2D eigenvalue weighted by molar-refractivity contribution is 7.98. The van der Waals surface area contributed by atoms with Gasteiger partial charge in [0.05, 0.1) is 16.9 Å². The lowest BCUT2D eigenvalue weighted by molar-refractivity contribution is 0.960. The van der Waals surface area contributed by atoms with Crippen LogP contribution < -0.4 is 0 Å². The second kappa shape index (κ2) is 4.63. The number of hydrogen-bond acceptors (Lipinski definition) is 3. The van der Waals surface area contributed by atoms with E-state index in [1.54, 1.807) is 6.20 Å². The second-order valence-electron chi connectivity index (χ2n) is 2.81. The van der Waals surface area contributed by atoms with E-state index in [4.69, 9.17) is 11.6 Å². The van der Waals surface area contributed by atoms with Crippen LogP contribution in [0.15, 0.2) is 16.9 Å². The van der Waals surface area contributed by atoms with Gasteiger partial charge in [-0.15, -0.1) is 0 Å². The molecule has 13 heavy (non-hydrogen) atoms. The average Bonchev–Trinajstić information content (AvgIpc) is 2.08. The molecule has 1 aromatic heterocycles. The van der Waals surface area contributed by atoms with E-state index in [0.29, 0.717) is 5.02 Å². The van der Waals surface area contributed by atoms with Crippen molar-refractivity contribution in [3.63, 3.8) is 0 Å². The first-order valence-electron chi connectivity index (χ1n) is 3.85. The zero-order valence-corrected chi connectivity index (χ0v) is 9.41. The fourth-order valence-electron chi connectivity index (χ4n) is 0.836. The van der Waals surface area contributed by atoms with Gasteiger partial charge in [0.15, 0.2) is 5.16 Å². The van der Waals surface area contributed by atoms with Gasteiger partial charge in [0.1, 0.15) is 0 Å². The molecule has 1 rings (SSSR count). The smallest absolute Gasteiger partial charge is 0.187 e. The molecule has 70 valence electrons. The minimum Gasteiger partial charge on any atom is -0.230 e. The van der Waals surface area contributed by atoms with E-state index < -0.39 is 0 Å². The maximum absolute atomic E-state index is 5.92. The molecule has 0 aromatic carbocycles. The maximum atomic E-state index is 5.92. The van der Waals surface area contributed by atoms with Crippen molar-refractivity contribution in [1.82, 2.24) is 9.97 Å². The topological polar surface area (TPSA) is 25.8 Å². The molecule has 0 N–H and O–H groups in total. The SMILES string of the molecule is CSc1ncc(Cl)c(C=C(C)C)n1. The standard InChI is InChI=1S/C9H11ClN2S/c1-6(2)4-8-7(10)5-11-9(12-8)13-3/h4-5H,1-3H3. The van der Waals surface area contributed by atoms with Crippen LogP contribution in [0.5, 0.6) is 0 Å². The Hall–Kier alpha value is -0.540. The van der Waals surface area contributed by atoms with Crippen LogP contribution in [0.2, 0.25) is 5.02 Å². The number of allylic oxidation sites excluding steroid dienone is 1. The largest absolute Gasteiger partial charge is 0.230 e. The van der Waals surface area contributed by atoms with Crippen molar-refractivity contribution in [1.29, 1.82) is 0 Å². The van der Waals surface area contributed by atoms with Crippen LogP contribution in [-0.2, 0) is 0 Å². The van der Waals surface area contributed by atoms with E-state index in [9.17, 15) is 0 Å². The van der Waals surface area contributed by atoms with Gasteiger partial charge in [0, 0.05) is 0 Å². The van der Waals surface area contributed by atoms with E-state index in [0.717, 1.165) is 10.9 Å². The quantitative estimate of drug-likeness (QED) is 0.558. The molecule has 0 unspecified atom stereocenters. The van der Waals surface area contributed by atoms with Gasteiger partial charge in [-0.25, -0.2) is 9.97 Å². The molecular formula is C9H11ClN2S. The molecule has 0 spiro atoms. The third kappa shape index (κ3) is 3.01. The van der Waals surface area contributed by atoms with Gasteiger partial charge in [-0.1, -0.05) is 28.9 Å². The average molecular weight is 215 g/mol. The van der Waals surface area contributed by atoms with Crippen molar-refractivity contribution in [3.05, 3.63) is 22.5 Å². The molecule has 0 aliphatic rings. The van der Waals surface area contributed by atoms with Gasteiger partial charge in [0.2, 0.25) is 0 Å². The van der Waals surface area contributed by atoms with Crippen molar-refractivity contribution in [3.8, 4) is 0 Å². The second-order valence-corrected chi connectivity index (χ2v) is 3.99. The van der Waals surface area contributed by atoms with Crippen molar-refractivity contribution in [2.75, 3.05) is 6.26 Å². The van der Waals surface area contributed by atoms with E-state index >= 15 is 0 Å². The summed E-state index contributed by atoms with van der Waals surface area (Å²) in [5.41, 5.74) is 1.97. The van der Waals surface area contributed by atoms with Gasteiger partial charge in [-0.05, 0) is 26.2 Å². The fraction of sp³-hybridized carbons (Fsp3) is 0.333. The highest BCUT2D eigenvalue weighted by atomic mass is 35.5. The molecule has 2 nitrogen and oxygen atoms in total. The van der Waals surface area contributed by atoms with E-state index in [2.05, 4.69) is 9.97 Å². The van der Waals surface area contributed by atoms with Crippen molar-refractivity contribution >= 4 is 29.4 Å². The highest BCUT2D eigenvalue weighted by Gasteiger charge is 2.01. The normalized spacial score (nSPS) is 9.85.